The van der Waals surface area contributed by atoms with Crippen molar-refractivity contribution in [1.29, 1.82) is 0 Å². The molecule has 0 fully saturated rings. The van der Waals surface area contributed by atoms with Crippen LogP contribution in [0.2, 0.25) is 0 Å². The molecule has 29 heavy (non-hydrogen) atoms. The van der Waals surface area contributed by atoms with Crippen LogP contribution < -0.4 is 0 Å². The summed E-state index contributed by atoms with van der Waals surface area (Å²) in [4.78, 5) is 0. The minimum atomic E-state index is -0.870. The average molecular weight is 405 g/mol. The van der Waals surface area contributed by atoms with Gasteiger partial charge in [-0.15, -0.1) is 0 Å². The third-order valence-corrected chi connectivity index (χ3v) is 6.29. The zero-order valence-electron chi connectivity index (χ0n) is 19.4. The lowest BCUT2D eigenvalue weighted by atomic mass is 9.78. The molecule has 1 atom stereocenters. The molecule has 2 aromatic carbocycles. The molecular formula is C26H35F3. The summed E-state index contributed by atoms with van der Waals surface area (Å²) in [7, 11) is 0. The summed E-state index contributed by atoms with van der Waals surface area (Å²) in [5.41, 5.74) is 5.24. The highest BCUT2D eigenvalue weighted by Crippen LogP contribution is 2.44. The van der Waals surface area contributed by atoms with Crippen LogP contribution >= 0.6 is 0 Å². The van der Waals surface area contributed by atoms with Crippen molar-refractivity contribution >= 4 is 0 Å². The van der Waals surface area contributed by atoms with Gasteiger partial charge < -0.3 is 0 Å². The first-order valence-electron chi connectivity index (χ1n) is 10.8. The summed E-state index contributed by atoms with van der Waals surface area (Å²) in [6, 6.07) is 1.34. The quantitative estimate of drug-likeness (QED) is 0.451. The van der Waals surface area contributed by atoms with Crippen LogP contribution in [0.4, 0.5) is 13.2 Å². The van der Waals surface area contributed by atoms with Crippen LogP contribution in [0.5, 0.6) is 0 Å². The molecule has 0 heterocycles. The molecule has 3 heteroatoms. The van der Waals surface area contributed by atoms with Gasteiger partial charge in [-0.3, -0.25) is 0 Å². The first-order valence-corrected chi connectivity index (χ1v) is 10.8. The van der Waals surface area contributed by atoms with Crippen molar-refractivity contribution in [1.82, 2.24) is 0 Å². The van der Waals surface area contributed by atoms with Gasteiger partial charge in [-0.2, -0.15) is 0 Å². The zero-order chi connectivity index (χ0) is 22.2. The predicted octanol–water partition coefficient (Wildman–Crippen LogP) is 8.71. The standard InChI is InChI=1S/C26H35F3/c1-10-15(7)19-12-20(27)26(29)24(21(19)13(3)4)23-16(8)18(11-2)22(14(5)6)25(28)17(23)9/h12-15H,10-11H2,1-9H3. The number of halogens is 3. The molecule has 0 nitrogen and oxygen atoms in total. The molecular weight excluding hydrogens is 369 g/mol. The average Bonchev–Trinajstić information content (AvgIpc) is 2.66. The molecule has 0 amide bonds. The highest BCUT2D eigenvalue weighted by atomic mass is 19.2. The lowest BCUT2D eigenvalue weighted by molar-refractivity contribution is 0.504. The van der Waals surface area contributed by atoms with Crippen molar-refractivity contribution < 1.29 is 13.2 Å². The van der Waals surface area contributed by atoms with Crippen molar-refractivity contribution in [3.8, 4) is 11.1 Å². The normalized spacial score (nSPS) is 12.9. The van der Waals surface area contributed by atoms with E-state index in [-0.39, 0.29) is 29.1 Å². The van der Waals surface area contributed by atoms with Gasteiger partial charge in [0.15, 0.2) is 11.6 Å². The van der Waals surface area contributed by atoms with Gasteiger partial charge in [-0.05, 0) is 89.5 Å². The Morgan fingerprint density at radius 1 is 0.759 bits per heavy atom. The Bertz CT molecular complexity index is 907. The molecule has 0 saturated carbocycles. The first kappa shape index (κ1) is 23.5. The number of hydrogen-bond donors (Lipinski definition) is 0. The monoisotopic (exact) mass is 404 g/mol. The molecule has 2 rings (SSSR count). The second-order valence-corrected chi connectivity index (χ2v) is 8.85. The molecule has 0 N–H and O–H groups in total. The lowest BCUT2D eigenvalue weighted by Crippen LogP contribution is -2.12. The highest BCUT2D eigenvalue weighted by molar-refractivity contribution is 5.78. The minimum absolute atomic E-state index is 0.0131. The fourth-order valence-electron chi connectivity index (χ4n) is 4.66. The molecule has 0 aliphatic rings. The van der Waals surface area contributed by atoms with Crippen LogP contribution in [-0.2, 0) is 6.42 Å². The van der Waals surface area contributed by atoms with Gasteiger partial charge in [0.1, 0.15) is 5.82 Å². The molecule has 0 saturated heterocycles. The zero-order valence-corrected chi connectivity index (χ0v) is 19.4. The minimum Gasteiger partial charge on any atom is -0.206 e. The van der Waals surface area contributed by atoms with Crippen LogP contribution in [0.15, 0.2) is 6.07 Å². The van der Waals surface area contributed by atoms with E-state index in [0.717, 1.165) is 28.7 Å². The van der Waals surface area contributed by atoms with Gasteiger partial charge in [0.2, 0.25) is 0 Å². The lowest BCUT2D eigenvalue weighted by Gasteiger charge is -2.27. The van der Waals surface area contributed by atoms with Crippen molar-refractivity contribution in [3.05, 3.63) is 56.9 Å². The molecule has 0 bridgehead atoms. The fraction of sp³-hybridized carbons (Fsp3) is 0.538. The molecule has 0 aromatic heterocycles. The molecule has 1 unspecified atom stereocenters. The van der Waals surface area contributed by atoms with Crippen molar-refractivity contribution in [2.45, 2.75) is 92.9 Å². The summed E-state index contributed by atoms with van der Waals surface area (Å²) >= 11 is 0. The van der Waals surface area contributed by atoms with E-state index >= 15 is 8.78 Å². The largest absolute Gasteiger partial charge is 0.206 e. The van der Waals surface area contributed by atoms with Crippen LogP contribution in [0.3, 0.4) is 0 Å². The third-order valence-electron chi connectivity index (χ3n) is 6.29. The Kier molecular flexibility index (Phi) is 7.24. The van der Waals surface area contributed by atoms with Gasteiger partial charge >= 0.3 is 0 Å². The SMILES string of the molecule is CCc1c(C)c(-c2c(F)c(F)cc(C(C)CC)c2C(C)C)c(C)c(F)c1C(C)C. The Morgan fingerprint density at radius 2 is 1.31 bits per heavy atom. The summed E-state index contributed by atoms with van der Waals surface area (Å²) in [6.07, 6.45) is 1.47. The number of hydrogen-bond acceptors (Lipinski definition) is 0. The van der Waals surface area contributed by atoms with Gasteiger partial charge in [-0.25, -0.2) is 13.2 Å². The molecule has 160 valence electrons. The molecule has 0 aliphatic carbocycles. The van der Waals surface area contributed by atoms with Crippen molar-refractivity contribution in [2.24, 2.45) is 0 Å². The van der Waals surface area contributed by atoms with Crippen LogP contribution in [0, 0.1) is 31.3 Å². The van der Waals surface area contributed by atoms with E-state index < -0.39 is 11.6 Å². The van der Waals surface area contributed by atoms with Crippen LogP contribution in [0.25, 0.3) is 11.1 Å². The van der Waals surface area contributed by atoms with Gasteiger partial charge in [-0.1, -0.05) is 48.5 Å². The molecule has 0 radical (unpaired) electrons. The van der Waals surface area contributed by atoms with E-state index in [4.69, 9.17) is 0 Å². The van der Waals surface area contributed by atoms with Gasteiger partial charge in [0.05, 0.1) is 0 Å². The Labute approximate surface area is 174 Å². The first-order chi connectivity index (χ1) is 13.5. The maximum Gasteiger partial charge on any atom is 0.166 e. The Balaban J connectivity index is 3.10. The Hall–Kier alpha value is -1.77. The Morgan fingerprint density at radius 3 is 1.76 bits per heavy atom. The molecule has 0 spiro atoms. The topological polar surface area (TPSA) is 0 Å². The fourth-order valence-corrected chi connectivity index (χ4v) is 4.66. The van der Waals surface area contributed by atoms with E-state index in [0.29, 0.717) is 23.1 Å². The maximum absolute atomic E-state index is 15.5. The molecule has 2 aromatic rings. The van der Waals surface area contributed by atoms with E-state index in [9.17, 15) is 4.39 Å². The second kappa shape index (κ2) is 8.93. The van der Waals surface area contributed by atoms with Crippen molar-refractivity contribution in [2.75, 3.05) is 0 Å². The van der Waals surface area contributed by atoms with E-state index in [1.807, 2.05) is 55.4 Å². The summed E-state index contributed by atoms with van der Waals surface area (Å²) in [5, 5.41) is 0. The second-order valence-electron chi connectivity index (χ2n) is 8.85. The maximum atomic E-state index is 15.5. The van der Waals surface area contributed by atoms with Crippen LogP contribution in [0.1, 0.15) is 106 Å². The highest BCUT2D eigenvalue weighted by Gasteiger charge is 2.29. The van der Waals surface area contributed by atoms with E-state index in [1.54, 1.807) is 6.92 Å². The third kappa shape index (κ3) is 3.98. The predicted molar refractivity (Wildman–Crippen MR) is 117 cm³/mol. The number of rotatable bonds is 6. The summed E-state index contributed by atoms with van der Waals surface area (Å²) in [6.45, 7) is 17.6. The molecule has 0 aliphatic heterocycles. The summed E-state index contributed by atoms with van der Waals surface area (Å²) < 4.78 is 45.6. The number of benzene rings is 2. The van der Waals surface area contributed by atoms with Crippen LogP contribution in [-0.4, -0.2) is 0 Å². The summed E-state index contributed by atoms with van der Waals surface area (Å²) in [5.74, 6) is -1.92. The van der Waals surface area contributed by atoms with E-state index in [1.165, 1.54) is 6.07 Å². The van der Waals surface area contributed by atoms with E-state index in [2.05, 4.69) is 0 Å². The van der Waals surface area contributed by atoms with Gasteiger partial charge in [0, 0.05) is 5.56 Å². The smallest absolute Gasteiger partial charge is 0.166 e. The van der Waals surface area contributed by atoms with Crippen molar-refractivity contribution in [3.63, 3.8) is 0 Å². The van der Waals surface area contributed by atoms with Gasteiger partial charge in [0.25, 0.3) is 0 Å².